The van der Waals surface area contributed by atoms with Gasteiger partial charge in [-0.3, -0.25) is 0 Å². The minimum absolute atomic E-state index is 0.0912. The number of hydrogen-bond donors (Lipinski definition) is 2. The Morgan fingerprint density at radius 2 is 1.70 bits per heavy atom. The summed E-state index contributed by atoms with van der Waals surface area (Å²) >= 11 is 0. The van der Waals surface area contributed by atoms with Gasteiger partial charge in [0, 0.05) is 5.69 Å². The predicted molar refractivity (Wildman–Crippen MR) is 122 cm³/mol. The molecule has 5 rings (SSSR count). The highest BCUT2D eigenvalue weighted by Gasteiger charge is 2.14. The fourth-order valence-electron chi connectivity index (χ4n) is 3.89. The zero-order valence-corrected chi connectivity index (χ0v) is 16.9. The standard InChI is InChI=1S/C25H22N4O/c1-16(20-9-5-7-17-6-3-4-8-21(17)20)28-24-22-14-23(29-25(22)27-15-26-24)18-10-12-19(30-2)13-11-18/h3-16H,1-2H3,(H2,26,27,28,29)/t16-/m1/s1. The summed E-state index contributed by atoms with van der Waals surface area (Å²) in [4.78, 5) is 12.3. The molecule has 2 aromatic heterocycles. The molecule has 0 amide bonds. The van der Waals surface area contributed by atoms with Crippen LogP contribution in [0.4, 0.5) is 5.82 Å². The van der Waals surface area contributed by atoms with Crippen LogP contribution in [-0.2, 0) is 0 Å². The van der Waals surface area contributed by atoms with Crippen molar-refractivity contribution in [1.82, 2.24) is 15.0 Å². The number of nitrogens with one attached hydrogen (secondary N) is 2. The maximum Gasteiger partial charge on any atom is 0.143 e. The van der Waals surface area contributed by atoms with Crippen LogP contribution in [0.1, 0.15) is 18.5 Å². The van der Waals surface area contributed by atoms with Crippen LogP contribution in [0.5, 0.6) is 5.75 Å². The van der Waals surface area contributed by atoms with Gasteiger partial charge in [-0.05, 0) is 59.2 Å². The van der Waals surface area contributed by atoms with Crippen molar-refractivity contribution in [3.8, 4) is 17.0 Å². The first-order valence-corrected chi connectivity index (χ1v) is 9.95. The molecule has 5 heteroatoms. The molecule has 3 aromatic carbocycles. The summed E-state index contributed by atoms with van der Waals surface area (Å²) in [5, 5.41) is 7.04. The first-order chi connectivity index (χ1) is 14.7. The van der Waals surface area contributed by atoms with E-state index < -0.39 is 0 Å². The fourth-order valence-corrected chi connectivity index (χ4v) is 3.89. The summed E-state index contributed by atoms with van der Waals surface area (Å²) in [5.74, 6) is 1.65. The van der Waals surface area contributed by atoms with Gasteiger partial charge in [-0.15, -0.1) is 0 Å². The largest absolute Gasteiger partial charge is 0.497 e. The topological polar surface area (TPSA) is 62.8 Å². The highest BCUT2D eigenvalue weighted by molar-refractivity contribution is 5.92. The average Bonchev–Trinajstić information content (AvgIpc) is 3.24. The summed E-state index contributed by atoms with van der Waals surface area (Å²) in [5.41, 5.74) is 4.12. The predicted octanol–water partition coefficient (Wildman–Crippen LogP) is 5.96. The molecule has 5 aromatic rings. The van der Waals surface area contributed by atoms with Gasteiger partial charge in [0.1, 0.15) is 23.5 Å². The second-order valence-corrected chi connectivity index (χ2v) is 7.33. The molecule has 0 saturated heterocycles. The molecular formula is C25H22N4O. The van der Waals surface area contributed by atoms with Gasteiger partial charge < -0.3 is 15.0 Å². The summed E-state index contributed by atoms with van der Waals surface area (Å²) in [6.45, 7) is 2.16. The third kappa shape index (κ3) is 3.24. The maximum atomic E-state index is 5.26. The number of aromatic amines is 1. The van der Waals surface area contributed by atoms with Crippen LogP contribution in [0.15, 0.2) is 79.1 Å². The van der Waals surface area contributed by atoms with E-state index in [1.54, 1.807) is 13.4 Å². The number of benzene rings is 3. The molecule has 0 radical (unpaired) electrons. The molecule has 2 heterocycles. The Kier molecular flexibility index (Phi) is 4.56. The molecule has 5 nitrogen and oxygen atoms in total. The lowest BCUT2D eigenvalue weighted by atomic mass is 9.99. The number of nitrogens with zero attached hydrogens (tertiary/aromatic N) is 2. The van der Waals surface area contributed by atoms with Crippen LogP contribution in [0.25, 0.3) is 33.1 Å². The van der Waals surface area contributed by atoms with Crippen molar-refractivity contribution in [3.05, 3.63) is 84.7 Å². The Balaban J connectivity index is 1.50. The van der Waals surface area contributed by atoms with Crippen molar-refractivity contribution in [1.29, 1.82) is 0 Å². The first kappa shape index (κ1) is 18.2. The van der Waals surface area contributed by atoms with Gasteiger partial charge >= 0.3 is 0 Å². The van der Waals surface area contributed by atoms with E-state index in [1.807, 2.05) is 24.3 Å². The number of hydrogen-bond acceptors (Lipinski definition) is 4. The molecule has 30 heavy (non-hydrogen) atoms. The summed E-state index contributed by atoms with van der Waals surface area (Å²) in [6.07, 6.45) is 1.59. The molecule has 0 bridgehead atoms. The van der Waals surface area contributed by atoms with Gasteiger partial charge in [0.15, 0.2) is 0 Å². The fraction of sp³-hybridized carbons (Fsp3) is 0.120. The first-order valence-electron chi connectivity index (χ1n) is 9.95. The average molecular weight is 394 g/mol. The van der Waals surface area contributed by atoms with E-state index in [0.29, 0.717) is 0 Å². The molecule has 0 fully saturated rings. The number of fused-ring (bicyclic) bond motifs is 2. The van der Waals surface area contributed by atoms with Gasteiger partial charge in [-0.2, -0.15) is 0 Å². The number of anilines is 1. The van der Waals surface area contributed by atoms with Crippen molar-refractivity contribution < 1.29 is 4.74 Å². The second-order valence-electron chi connectivity index (χ2n) is 7.33. The highest BCUT2D eigenvalue weighted by Crippen LogP contribution is 2.31. The highest BCUT2D eigenvalue weighted by atomic mass is 16.5. The smallest absolute Gasteiger partial charge is 0.143 e. The van der Waals surface area contributed by atoms with Gasteiger partial charge in [-0.1, -0.05) is 42.5 Å². The number of H-pyrrole nitrogens is 1. The lowest BCUT2D eigenvalue weighted by molar-refractivity contribution is 0.415. The van der Waals surface area contributed by atoms with E-state index in [1.165, 1.54) is 16.3 Å². The van der Waals surface area contributed by atoms with Gasteiger partial charge in [-0.25, -0.2) is 9.97 Å². The number of ether oxygens (including phenoxy) is 1. The lowest BCUT2D eigenvalue weighted by Gasteiger charge is -2.17. The molecule has 0 unspecified atom stereocenters. The van der Waals surface area contributed by atoms with Crippen LogP contribution < -0.4 is 10.1 Å². The lowest BCUT2D eigenvalue weighted by Crippen LogP contribution is -2.08. The molecular weight excluding hydrogens is 372 g/mol. The van der Waals surface area contributed by atoms with E-state index in [9.17, 15) is 0 Å². The Hall–Kier alpha value is -3.86. The third-order valence-electron chi connectivity index (χ3n) is 5.47. The minimum Gasteiger partial charge on any atom is -0.497 e. The Morgan fingerprint density at radius 1 is 0.900 bits per heavy atom. The zero-order chi connectivity index (χ0) is 20.5. The van der Waals surface area contributed by atoms with Crippen molar-refractivity contribution in [2.75, 3.05) is 12.4 Å². The summed E-state index contributed by atoms with van der Waals surface area (Å²) < 4.78 is 5.26. The zero-order valence-electron chi connectivity index (χ0n) is 16.9. The van der Waals surface area contributed by atoms with Crippen molar-refractivity contribution in [2.45, 2.75) is 13.0 Å². The molecule has 0 spiro atoms. The molecule has 0 aliphatic carbocycles. The summed E-state index contributed by atoms with van der Waals surface area (Å²) in [6, 6.07) is 25.0. The van der Waals surface area contributed by atoms with Crippen LogP contribution in [0, 0.1) is 0 Å². The normalized spacial score (nSPS) is 12.2. The number of rotatable bonds is 5. The third-order valence-corrected chi connectivity index (χ3v) is 5.47. The molecule has 0 aliphatic heterocycles. The molecule has 2 N–H and O–H groups in total. The molecule has 1 atom stereocenters. The van der Waals surface area contributed by atoms with Crippen molar-refractivity contribution >= 4 is 27.6 Å². The summed E-state index contributed by atoms with van der Waals surface area (Å²) in [7, 11) is 1.67. The maximum absolute atomic E-state index is 5.26. The van der Waals surface area contributed by atoms with E-state index >= 15 is 0 Å². The van der Waals surface area contributed by atoms with Crippen molar-refractivity contribution in [2.24, 2.45) is 0 Å². The van der Waals surface area contributed by atoms with Crippen LogP contribution in [0.2, 0.25) is 0 Å². The van der Waals surface area contributed by atoms with Crippen LogP contribution in [0.3, 0.4) is 0 Å². The molecule has 0 aliphatic rings. The van der Waals surface area contributed by atoms with Gasteiger partial charge in [0.2, 0.25) is 0 Å². The minimum atomic E-state index is 0.0912. The second kappa shape index (κ2) is 7.52. The van der Waals surface area contributed by atoms with Crippen LogP contribution >= 0.6 is 0 Å². The Labute approximate surface area is 174 Å². The Bertz CT molecular complexity index is 1320. The van der Waals surface area contributed by atoms with E-state index in [2.05, 4.69) is 75.7 Å². The number of aromatic nitrogens is 3. The van der Waals surface area contributed by atoms with E-state index in [-0.39, 0.29) is 6.04 Å². The van der Waals surface area contributed by atoms with Gasteiger partial charge in [0.05, 0.1) is 18.5 Å². The Morgan fingerprint density at radius 3 is 2.53 bits per heavy atom. The monoisotopic (exact) mass is 394 g/mol. The molecule has 148 valence electrons. The van der Waals surface area contributed by atoms with Crippen LogP contribution in [-0.4, -0.2) is 22.1 Å². The SMILES string of the molecule is COc1ccc(-c2cc3c(N[C@H](C)c4cccc5ccccc45)ncnc3[nH]2)cc1. The van der Waals surface area contributed by atoms with E-state index in [0.717, 1.165) is 33.9 Å². The van der Waals surface area contributed by atoms with Crippen molar-refractivity contribution in [3.63, 3.8) is 0 Å². The number of methoxy groups -OCH3 is 1. The van der Waals surface area contributed by atoms with E-state index in [4.69, 9.17) is 4.74 Å². The van der Waals surface area contributed by atoms with Gasteiger partial charge in [0.25, 0.3) is 0 Å². The molecule has 0 saturated carbocycles. The quantitative estimate of drug-likeness (QED) is 0.386.